The zero-order valence-corrected chi connectivity index (χ0v) is 14.8. The van der Waals surface area contributed by atoms with Crippen LogP contribution in [0.1, 0.15) is 51.6 Å². The summed E-state index contributed by atoms with van der Waals surface area (Å²) >= 11 is 0. The smallest absolute Gasteiger partial charge is 0.290 e. The fraction of sp³-hybridized carbons (Fsp3) is 0.476. The Kier molecular flexibility index (Phi) is 9.00. The van der Waals surface area contributed by atoms with E-state index in [9.17, 15) is 4.79 Å². The molecular formula is C21H31NO3. The molecule has 1 aliphatic rings. The largest absolute Gasteiger partial charge is 0.426 e. The van der Waals surface area contributed by atoms with Crippen LogP contribution in [0, 0.1) is 5.92 Å². The minimum atomic E-state index is -0.113. The maximum atomic E-state index is 11.0. The summed E-state index contributed by atoms with van der Waals surface area (Å²) < 4.78 is 10.6. The molecule has 0 N–H and O–H groups in total. The highest BCUT2D eigenvalue weighted by Crippen LogP contribution is 2.23. The molecule has 0 saturated carbocycles. The molecule has 1 saturated heterocycles. The predicted octanol–water partition coefficient (Wildman–Crippen LogP) is 5.65. The molecule has 1 fully saturated rings. The van der Waals surface area contributed by atoms with Gasteiger partial charge in [-0.3, -0.25) is 4.79 Å². The highest BCUT2D eigenvalue weighted by molar-refractivity contribution is 5.91. The lowest BCUT2D eigenvalue weighted by molar-refractivity contribution is 0.0982. The summed E-state index contributed by atoms with van der Waals surface area (Å²) in [6, 6.07) is 12.5. The molecule has 2 heterocycles. The third kappa shape index (κ3) is 7.14. The van der Waals surface area contributed by atoms with Crippen LogP contribution in [0.2, 0.25) is 0 Å². The average Bonchev–Trinajstić information content (AvgIpc) is 3.06. The Labute approximate surface area is 151 Å². The summed E-state index contributed by atoms with van der Waals surface area (Å²) in [6.45, 7) is 9.95. The van der Waals surface area contributed by atoms with Gasteiger partial charge in [0.05, 0.1) is 0 Å². The van der Waals surface area contributed by atoms with Crippen molar-refractivity contribution in [1.29, 1.82) is 0 Å². The maximum Gasteiger partial charge on any atom is 0.290 e. The Morgan fingerprint density at radius 3 is 2.32 bits per heavy atom. The third-order valence-electron chi connectivity index (χ3n) is 4.21. The molecule has 4 heteroatoms. The van der Waals surface area contributed by atoms with Gasteiger partial charge in [-0.25, -0.2) is 0 Å². The Balaban J connectivity index is 0.000000270. The SMILES string of the molecule is C.CC(=O)c1ccc(Oc2ccccc2)o1.CCN1CCC(C)CC1. The average molecular weight is 345 g/mol. The van der Waals surface area contributed by atoms with E-state index in [4.69, 9.17) is 9.15 Å². The van der Waals surface area contributed by atoms with Crippen molar-refractivity contribution in [1.82, 2.24) is 4.90 Å². The lowest BCUT2D eigenvalue weighted by Gasteiger charge is -2.28. The van der Waals surface area contributed by atoms with Gasteiger partial charge < -0.3 is 14.1 Å². The first-order chi connectivity index (χ1) is 11.6. The fourth-order valence-corrected chi connectivity index (χ4v) is 2.55. The Bertz CT molecular complexity index is 613. The van der Waals surface area contributed by atoms with Crippen LogP contribution in [0.4, 0.5) is 0 Å². The van der Waals surface area contributed by atoms with Crippen molar-refractivity contribution in [2.45, 2.75) is 41.0 Å². The van der Waals surface area contributed by atoms with E-state index >= 15 is 0 Å². The first-order valence-electron chi connectivity index (χ1n) is 8.64. The number of rotatable bonds is 4. The number of benzene rings is 1. The Morgan fingerprint density at radius 1 is 1.16 bits per heavy atom. The molecule has 0 radical (unpaired) electrons. The Morgan fingerprint density at radius 2 is 1.80 bits per heavy atom. The number of carbonyl (C=O) groups is 1. The van der Waals surface area contributed by atoms with E-state index in [1.54, 1.807) is 12.1 Å². The molecule has 1 aromatic carbocycles. The van der Waals surface area contributed by atoms with Crippen LogP contribution < -0.4 is 4.74 Å². The molecule has 0 bridgehead atoms. The number of para-hydroxylation sites is 1. The number of hydrogen-bond acceptors (Lipinski definition) is 4. The lowest BCUT2D eigenvalue weighted by atomic mass is 9.99. The van der Waals surface area contributed by atoms with Gasteiger partial charge in [0.2, 0.25) is 0 Å². The Hall–Kier alpha value is -2.07. The van der Waals surface area contributed by atoms with Gasteiger partial charge in [0.25, 0.3) is 5.95 Å². The second kappa shape index (κ2) is 10.7. The van der Waals surface area contributed by atoms with E-state index in [0.717, 1.165) is 5.92 Å². The number of Topliss-reactive ketones (excluding diaryl/α,β-unsaturated/α-hetero) is 1. The zero-order chi connectivity index (χ0) is 17.4. The predicted molar refractivity (Wildman–Crippen MR) is 102 cm³/mol. The first-order valence-corrected chi connectivity index (χ1v) is 8.64. The number of carbonyl (C=O) groups excluding carboxylic acids is 1. The van der Waals surface area contributed by atoms with Gasteiger partial charge in [0, 0.05) is 13.0 Å². The van der Waals surface area contributed by atoms with Crippen molar-refractivity contribution < 1.29 is 13.9 Å². The van der Waals surface area contributed by atoms with Gasteiger partial charge in [-0.05, 0) is 56.6 Å². The molecule has 0 unspecified atom stereocenters. The van der Waals surface area contributed by atoms with Crippen LogP contribution in [-0.4, -0.2) is 30.3 Å². The number of ether oxygens (including phenoxy) is 1. The molecule has 0 atom stereocenters. The normalized spacial score (nSPS) is 14.8. The van der Waals surface area contributed by atoms with Crippen molar-refractivity contribution >= 4 is 5.78 Å². The van der Waals surface area contributed by atoms with Gasteiger partial charge in [-0.15, -0.1) is 0 Å². The van der Waals surface area contributed by atoms with E-state index < -0.39 is 0 Å². The topological polar surface area (TPSA) is 42.7 Å². The van der Waals surface area contributed by atoms with Crippen molar-refractivity contribution in [3.8, 4) is 11.7 Å². The molecule has 3 rings (SSSR count). The summed E-state index contributed by atoms with van der Waals surface area (Å²) in [5, 5.41) is 0. The van der Waals surface area contributed by atoms with Crippen LogP contribution in [0.25, 0.3) is 0 Å². The van der Waals surface area contributed by atoms with E-state index in [0.29, 0.717) is 17.5 Å². The van der Waals surface area contributed by atoms with Gasteiger partial charge in [-0.1, -0.05) is 39.5 Å². The van der Waals surface area contributed by atoms with Gasteiger partial charge >= 0.3 is 0 Å². The molecule has 4 nitrogen and oxygen atoms in total. The highest BCUT2D eigenvalue weighted by Gasteiger charge is 2.12. The number of hydrogen-bond donors (Lipinski definition) is 0. The van der Waals surface area contributed by atoms with Gasteiger partial charge in [0.15, 0.2) is 11.5 Å². The van der Waals surface area contributed by atoms with Crippen molar-refractivity contribution in [2.75, 3.05) is 19.6 Å². The summed E-state index contributed by atoms with van der Waals surface area (Å²) in [6.07, 6.45) is 2.82. The quantitative estimate of drug-likeness (QED) is 0.672. The molecule has 25 heavy (non-hydrogen) atoms. The number of nitrogens with zero attached hydrogens (tertiary/aromatic N) is 1. The lowest BCUT2D eigenvalue weighted by Crippen LogP contribution is -2.32. The highest BCUT2D eigenvalue weighted by atomic mass is 16.6. The van der Waals surface area contributed by atoms with Crippen LogP contribution in [0.5, 0.6) is 11.7 Å². The molecule has 0 amide bonds. The van der Waals surface area contributed by atoms with Crippen molar-refractivity contribution in [3.05, 3.63) is 48.2 Å². The molecule has 138 valence electrons. The summed E-state index contributed by atoms with van der Waals surface area (Å²) in [7, 11) is 0. The van der Waals surface area contributed by atoms with Crippen LogP contribution in [0.15, 0.2) is 46.9 Å². The van der Waals surface area contributed by atoms with Crippen molar-refractivity contribution in [3.63, 3.8) is 0 Å². The van der Waals surface area contributed by atoms with Gasteiger partial charge in [-0.2, -0.15) is 0 Å². The van der Waals surface area contributed by atoms with E-state index in [-0.39, 0.29) is 13.2 Å². The minimum Gasteiger partial charge on any atom is -0.426 e. The molecule has 2 aromatic rings. The maximum absolute atomic E-state index is 11.0. The van der Waals surface area contributed by atoms with Gasteiger partial charge in [0.1, 0.15) is 5.75 Å². The van der Waals surface area contributed by atoms with Crippen LogP contribution in [0.3, 0.4) is 0 Å². The molecular weight excluding hydrogens is 314 g/mol. The zero-order valence-electron chi connectivity index (χ0n) is 14.8. The first kappa shape index (κ1) is 21.0. The summed E-state index contributed by atoms with van der Waals surface area (Å²) in [5.41, 5.74) is 0. The number of ketones is 1. The van der Waals surface area contributed by atoms with Crippen LogP contribution >= 0.6 is 0 Å². The van der Waals surface area contributed by atoms with E-state index in [1.807, 2.05) is 30.3 Å². The third-order valence-corrected chi connectivity index (χ3v) is 4.21. The molecule has 0 aliphatic carbocycles. The summed E-state index contributed by atoms with van der Waals surface area (Å²) in [5.74, 6) is 2.18. The second-order valence-electron chi connectivity index (χ2n) is 6.21. The van der Waals surface area contributed by atoms with E-state index in [1.165, 1.54) is 39.4 Å². The summed E-state index contributed by atoms with van der Waals surface area (Å²) in [4.78, 5) is 13.5. The number of furan rings is 1. The fourth-order valence-electron chi connectivity index (χ4n) is 2.55. The second-order valence-corrected chi connectivity index (χ2v) is 6.21. The van der Waals surface area contributed by atoms with Crippen LogP contribution in [-0.2, 0) is 0 Å². The molecule has 1 aliphatic heterocycles. The van der Waals surface area contributed by atoms with E-state index in [2.05, 4.69) is 18.7 Å². The van der Waals surface area contributed by atoms with Crippen molar-refractivity contribution in [2.24, 2.45) is 5.92 Å². The number of piperidine rings is 1. The standard InChI is InChI=1S/C12H10O3.C8H17N.CH4/c1-9(13)11-7-8-12(15-11)14-10-5-3-2-4-6-10;1-3-9-6-4-8(2)5-7-9;/h2-8H,1H3;8H,3-7H2,1-2H3;1H4. The minimum absolute atomic E-state index is 0. The monoisotopic (exact) mass is 345 g/mol. The molecule has 1 aromatic heterocycles. The molecule has 0 spiro atoms. The number of likely N-dealkylation sites (tertiary alicyclic amines) is 1.